The van der Waals surface area contributed by atoms with Gasteiger partial charge in [-0.05, 0) is 46.7 Å². The first-order valence-corrected chi connectivity index (χ1v) is 11.9. The van der Waals surface area contributed by atoms with Crippen LogP contribution in [0.5, 0.6) is 5.75 Å². The van der Waals surface area contributed by atoms with Gasteiger partial charge in [-0.1, -0.05) is 31.2 Å². The van der Waals surface area contributed by atoms with Crippen LogP contribution in [-0.2, 0) is 4.79 Å². The summed E-state index contributed by atoms with van der Waals surface area (Å²) in [5.74, 6) is 2.57. The van der Waals surface area contributed by atoms with Crippen molar-refractivity contribution in [2.75, 3.05) is 17.2 Å². The minimum atomic E-state index is -0.163. The van der Waals surface area contributed by atoms with E-state index in [4.69, 9.17) is 10.00 Å². The Morgan fingerprint density at radius 1 is 1.20 bits per heavy atom. The minimum absolute atomic E-state index is 0.0283. The van der Waals surface area contributed by atoms with Crippen molar-refractivity contribution in [1.82, 2.24) is 9.97 Å². The van der Waals surface area contributed by atoms with Gasteiger partial charge in [-0.25, -0.2) is 9.97 Å². The van der Waals surface area contributed by atoms with Crippen molar-refractivity contribution in [2.24, 2.45) is 11.8 Å². The van der Waals surface area contributed by atoms with Gasteiger partial charge in [0.25, 0.3) is 0 Å². The van der Waals surface area contributed by atoms with Crippen LogP contribution in [-0.4, -0.2) is 51.3 Å². The summed E-state index contributed by atoms with van der Waals surface area (Å²) in [7, 11) is 6.25. The van der Waals surface area contributed by atoms with Crippen LogP contribution in [0.25, 0.3) is 22.9 Å². The first-order valence-electron chi connectivity index (χ1n) is 11.9. The van der Waals surface area contributed by atoms with Gasteiger partial charge in [-0.2, -0.15) is 5.26 Å². The lowest BCUT2D eigenvalue weighted by atomic mass is 9.49. The molecule has 2 atom stereocenters. The molecule has 1 amide bonds. The number of benzene rings is 1. The maximum Gasteiger partial charge on any atom is 0.228 e. The molecule has 0 aliphatic heterocycles. The third-order valence-corrected chi connectivity index (χ3v) is 5.81. The molecule has 0 radical (unpaired) electrons. The van der Waals surface area contributed by atoms with E-state index >= 15 is 0 Å². The van der Waals surface area contributed by atoms with Crippen molar-refractivity contribution < 1.29 is 9.53 Å². The van der Waals surface area contributed by atoms with Crippen molar-refractivity contribution >= 4 is 64.0 Å². The second-order valence-electron chi connectivity index (χ2n) is 10.0. The molecule has 1 saturated carbocycles. The zero-order valence-electron chi connectivity index (χ0n) is 20.6. The summed E-state index contributed by atoms with van der Waals surface area (Å²) in [6.07, 6.45) is 8.92. The van der Waals surface area contributed by atoms with Crippen LogP contribution in [0.4, 0.5) is 11.6 Å². The first kappa shape index (κ1) is 24.4. The van der Waals surface area contributed by atoms with E-state index in [1.54, 1.807) is 6.20 Å². The molecule has 3 aromatic rings. The fraction of sp³-hybridized carbons (Fsp3) is 0.280. The number of ether oxygens (including phenoxy) is 1. The van der Waals surface area contributed by atoms with Crippen LogP contribution < -0.4 is 15.4 Å². The summed E-state index contributed by atoms with van der Waals surface area (Å²) < 4.78 is 5.54. The Hall–Kier alpha value is -3.73. The highest BCUT2D eigenvalue weighted by molar-refractivity contribution is 6.60. The Bertz CT molecular complexity index is 1300. The van der Waals surface area contributed by atoms with Crippen LogP contribution in [0.2, 0.25) is 0 Å². The summed E-state index contributed by atoms with van der Waals surface area (Å²) >= 11 is 0. The van der Waals surface area contributed by atoms with Crippen LogP contribution in [0.1, 0.15) is 30.9 Å². The van der Waals surface area contributed by atoms with Gasteiger partial charge >= 0.3 is 0 Å². The summed E-state index contributed by atoms with van der Waals surface area (Å²) in [5, 5.41) is 16.7. The van der Waals surface area contributed by atoms with Crippen LogP contribution in [0.3, 0.4) is 0 Å². The second kappa shape index (κ2) is 10.3. The van der Waals surface area contributed by atoms with E-state index in [0.717, 1.165) is 39.9 Å². The summed E-state index contributed by atoms with van der Waals surface area (Å²) in [6, 6.07) is 11.7. The van der Waals surface area contributed by atoms with Crippen molar-refractivity contribution in [3.8, 4) is 11.8 Å². The lowest BCUT2D eigenvalue weighted by Gasteiger charge is -2.23. The SMILES string of the molecule is BC(B)(B)Nc1ncc(/C=C/c2ccc(OCCC#N)cc2)c2cc(NC(=O)[C@H]3C[C@H]3C)ncc12. The number of carbonyl (C=O) groups excluding carboxylic acids is 1. The Kier molecular flexibility index (Phi) is 7.16. The highest BCUT2D eigenvalue weighted by Crippen LogP contribution is 2.38. The normalized spacial score (nSPS) is 17.1. The van der Waals surface area contributed by atoms with Crippen molar-refractivity contribution in [2.45, 2.75) is 25.0 Å². The van der Waals surface area contributed by atoms with Gasteiger partial charge < -0.3 is 15.4 Å². The van der Waals surface area contributed by atoms with Crippen molar-refractivity contribution in [3.63, 3.8) is 0 Å². The van der Waals surface area contributed by atoms with Gasteiger partial charge in [0.2, 0.25) is 5.91 Å². The topological polar surface area (TPSA) is 99.9 Å². The number of nitriles is 1. The molecule has 1 fully saturated rings. The predicted octanol–water partition coefficient (Wildman–Crippen LogP) is 1.61. The van der Waals surface area contributed by atoms with Crippen molar-refractivity contribution in [3.05, 3.63) is 53.9 Å². The molecule has 174 valence electrons. The molecular weight excluding hydrogens is 435 g/mol. The lowest BCUT2D eigenvalue weighted by molar-refractivity contribution is -0.117. The monoisotopic (exact) mass is 463 g/mol. The number of hydrogen-bond donors (Lipinski definition) is 2. The molecule has 1 aliphatic carbocycles. The van der Waals surface area contributed by atoms with Gasteiger partial charge in [-0.3, -0.25) is 4.79 Å². The molecule has 1 aromatic carbocycles. The van der Waals surface area contributed by atoms with Gasteiger partial charge in [-0.15, -0.1) is 0 Å². The smallest absolute Gasteiger partial charge is 0.228 e. The van der Waals surface area contributed by atoms with Crippen molar-refractivity contribution in [1.29, 1.82) is 5.26 Å². The number of nitrogens with one attached hydrogen (secondary N) is 2. The largest absolute Gasteiger partial charge is 0.493 e. The average molecular weight is 463 g/mol. The van der Waals surface area contributed by atoms with Gasteiger partial charge in [0, 0.05) is 29.3 Å². The minimum Gasteiger partial charge on any atom is -0.493 e. The molecule has 35 heavy (non-hydrogen) atoms. The molecule has 4 rings (SSSR count). The number of nitrogens with zero attached hydrogens (tertiary/aromatic N) is 3. The fourth-order valence-corrected chi connectivity index (χ4v) is 3.79. The first-order chi connectivity index (χ1) is 16.7. The van der Waals surface area contributed by atoms with Crippen LogP contribution in [0.15, 0.2) is 42.7 Å². The summed E-state index contributed by atoms with van der Waals surface area (Å²) in [6.45, 7) is 2.47. The molecule has 0 unspecified atom stereocenters. The maximum atomic E-state index is 12.5. The predicted molar refractivity (Wildman–Crippen MR) is 149 cm³/mol. The number of amides is 1. The van der Waals surface area contributed by atoms with Gasteiger partial charge in [0.1, 0.15) is 47.5 Å². The fourth-order valence-electron chi connectivity index (χ4n) is 3.79. The molecule has 1 aliphatic rings. The van der Waals surface area contributed by atoms with E-state index in [1.165, 1.54) is 0 Å². The number of aromatic nitrogens is 2. The molecular formula is C25H28B3N5O2. The molecule has 7 nitrogen and oxygen atoms in total. The Morgan fingerprint density at radius 3 is 2.60 bits per heavy atom. The third-order valence-electron chi connectivity index (χ3n) is 5.81. The maximum absolute atomic E-state index is 12.5. The second-order valence-corrected chi connectivity index (χ2v) is 10.0. The summed E-state index contributed by atoms with van der Waals surface area (Å²) in [5.41, 5.74) is 1.93. The van der Waals surface area contributed by atoms with E-state index in [1.807, 2.05) is 48.7 Å². The van der Waals surface area contributed by atoms with E-state index in [0.29, 0.717) is 24.8 Å². The quantitative estimate of drug-likeness (QED) is 0.370. The molecule has 2 heterocycles. The number of fused-ring (bicyclic) bond motifs is 1. The van der Waals surface area contributed by atoms with E-state index in [2.05, 4.69) is 57.1 Å². The zero-order valence-corrected chi connectivity index (χ0v) is 20.6. The number of rotatable bonds is 9. The molecule has 0 spiro atoms. The van der Waals surface area contributed by atoms with Crippen LogP contribution >= 0.6 is 0 Å². The third kappa shape index (κ3) is 6.45. The molecule has 0 saturated heterocycles. The van der Waals surface area contributed by atoms with Gasteiger partial charge in [0.15, 0.2) is 0 Å². The Morgan fingerprint density at radius 2 is 1.94 bits per heavy atom. The molecule has 2 N–H and O–H groups in total. The molecule has 2 aromatic heterocycles. The molecule has 0 bridgehead atoms. The molecule has 10 heteroatoms. The van der Waals surface area contributed by atoms with E-state index in [-0.39, 0.29) is 17.1 Å². The number of hydrogen-bond acceptors (Lipinski definition) is 6. The average Bonchev–Trinajstić information content (AvgIpc) is 3.55. The highest BCUT2D eigenvalue weighted by atomic mass is 16.5. The highest BCUT2D eigenvalue weighted by Gasteiger charge is 2.39. The van der Waals surface area contributed by atoms with Crippen LogP contribution in [0, 0.1) is 23.2 Å². The summed E-state index contributed by atoms with van der Waals surface area (Å²) in [4.78, 5) is 21.6. The number of anilines is 2. The van der Waals surface area contributed by atoms with E-state index < -0.39 is 0 Å². The van der Waals surface area contributed by atoms with Gasteiger partial charge in [0.05, 0.1) is 12.5 Å². The lowest BCUT2D eigenvalue weighted by Crippen LogP contribution is -2.40. The Balaban J connectivity index is 1.62. The zero-order chi connectivity index (χ0) is 25.0. The standard InChI is InChI=1S/C25H28B3N5O2/c1-15-11-19(15)24(34)32-22-12-20-17(13-31-23(21(20)14-30-22)33-25(26,27)28)6-3-16-4-7-18(8-5-16)35-10-2-9-29/h3-8,12-15,19H,2,10-11,26-28H2,1H3,(H,31,33)(H,30,32,34)/b6-3+/t15-,19+/m1/s1. The Labute approximate surface area is 208 Å². The number of pyridine rings is 2. The van der Waals surface area contributed by atoms with E-state index in [9.17, 15) is 4.79 Å². The number of carbonyl (C=O) groups is 1.